The number of rotatable bonds is 3. The smallest absolute Gasteiger partial charge is 0.256 e. The number of hydrogen-bond donors (Lipinski definition) is 2. The number of aromatic amines is 1. The minimum absolute atomic E-state index is 0.138. The zero-order valence-electron chi connectivity index (χ0n) is 8.54. The summed E-state index contributed by atoms with van der Waals surface area (Å²) in [5.41, 5.74) is 7.84. The molecule has 0 aromatic carbocycles. The van der Waals surface area contributed by atoms with Crippen molar-refractivity contribution in [2.75, 3.05) is 19.5 Å². The van der Waals surface area contributed by atoms with Crippen LogP contribution in [0.25, 0.3) is 5.57 Å². The minimum Gasteiger partial charge on any atom is -0.384 e. The number of ether oxygens (including phenoxy) is 1. The number of allylic oxidation sites excluding steroid dienone is 1. The Morgan fingerprint density at radius 3 is 3.20 bits per heavy atom. The number of nitrogens with zero attached hydrogens (tertiary/aromatic N) is 1. The predicted octanol–water partition coefficient (Wildman–Crippen LogP) is 0.328. The number of anilines is 1. The van der Waals surface area contributed by atoms with Crippen LogP contribution in [0, 0.1) is 0 Å². The van der Waals surface area contributed by atoms with Crippen molar-refractivity contribution in [3.8, 4) is 0 Å². The number of aromatic nitrogens is 2. The standard InChI is InChI=1S/C10H13N3O2/c1-15-5-4-6-2-3-7-8(6)12-10(11)13-9(7)14/h2H,3-5H2,1H3,(H3,11,12,13,14). The van der Waals surface area contributed by atoms with Gasteiger partial charge in [0.25, 0.3) is 5.56 Å². The number of nitrogen functional groups attached to an aromatic ring is 1. The van der Waals surface area contributed by atoms with Gasteiger partial charge in [0.2, 0.25) is 5.95 Å². The van der Waals surface area contributed by atoms with Gasteiger partial charge in [-0.2, -0.15) is 0 Å². The first kappa shape index (κ1) is 9.92. The topological polar surface area (TPSA) is 81.0 Å². The van der Waals surface area contributed by atoms with Crippen molar-refractivity contribution in [2.45, 2.75) is 12.8 Å². The molecule has 1 aromatic rings. The van der Waals surface area contributed by atoms with Gasteiger partial charge < -0.3 is 10.5 Å². The van der Waals surface area contributed by atoms with Gasteiger partial charge in [0, 0.05) is 12.7 Å². The van der Waals surface area contributed by atoms with Crippen LogP contribution >= 0.6 is 0 Å². The van der Waals surface area contributed by atoms with Crippen LogP contribution in [-0.2, 0) is 11.2 Å². The van der Waals surface area contributed by atoms with Crippen molar-refractivity contribution in [3.05, 3.63) is 27.7 Å². The zero-order chi connectivity index (χ0) is 10.8. The van der Waals surface area contributed by atoms with Crippen LogP contribution in [0.5, 0.6) is 0 Å². The highest BCUT2D eigenvalue weighted by Crippen LogP contribution is 2.25. The summed E-state index contributed by atoms with van der Waals surface area (Å²) < 4.78 is 4.99. The number of H-pyrrole nitrogens is 1. The molecule has 0 saturated carbocycles. The van der Waals surface area contributed by atoms with Crippen LogP contribution in [0.3, 0.4) is 0 Å². The average molecular weight is 207 g/mol. The van der Waals surface area contributed by atoms with E-state index in [0.717, 1.165) is 17.7 Å². The second kappa shape index (κ2) is 3.86. The Morgan fingerprint density at radius 2 is 2.47 bits per heavy atom. The first-order valence-electron chi connectivity index (χ1n) is 4.79. The highest BCUT2D eigenvalue weighted by molar-refractivity contribution is 5.70. The van der Waals surface area contributed by atoms with Crippen molar-refractivity contribution in [2.24, 2.45) is 0 Å². The van der Waals surface area contributed by atoms with Gasteiger partial charge in [-0.1, -0.05) is 6.08 Å². The van der Waals surface area contributed by atoms with Crippen LogP contribution in [0.2, 0.25) is 0 Å². The third-order valence-electron chi connectivity index (χ3n) is 2.47. The maximum atomic E-state index is 11.5. The van der Waals surface area contributed by atoms with Crippen LogP contribution in [0.1, 0.15) is 17.7 Å². The molecular formula is C10H13N3O2. The largest absolute Gasteiger partial charge is 0.384 e. The lowest BCUT2D eigenvalue weighted by molar-refractivity contribution is 0.206. The molecule has 1 aliphatic carbocycles. The summed E-state index contributed by atoms with van der Waals surface area (Å²) in [4.78, 5) is 18.2. The Kier molecular flexibility index (Phi) is 2.55. The molecule has 5 heteroatoms. The normalized spacial score (nSPS) is 13.8. The highest BCUT2D eigenvalue weighted by Gasteiger charge is 2.18. The molecular weight excluding hydrogens is 194 g/mol. The summed E-state index contributed by atoms with van der Waals surface area (Å²) in [7, 11) is 1.65. The number of hydrogen-bond acceptors (Lipinski definition) is 4. The molecule has 5 nitrogen and oxygen atoms in total. The summed E-state index contributed by atoms with van der Waals surface area (Å²) in [6.07, 6.45) is 3.40. The van der Waals surface area contributed by atoms with Gasteiger partial charge in [-0.25, -0.2) is 4.98 Å². The van der Waals surface area contributed by atoms with Gasteiger partial charge in [-0.05, 0) is 18.4 Å². The Labute approximate surface area is 87.0 Å². The average Bonchev–Trinajstić information content (AvgIpc) is 2.58. The maximum absolute atomic E-state index is 11.5. The van der Waals surface area contributed by atoms with Crippen molar-refractivity contribution in [1.82, 2.24) is 9.97 Å². The van der Waals surface area contributed by atoms with Gasteiger partial charge in [0.1, 0.15) is 0 Å². The third kappa shape index (κ3) is 1.78. The highest BCUT2D eigenvalue weighted by atomic mass is 16.5. The van der Waals surface area contributed by atoms with Gasteiger partial charge in [0.15, 0.2) is 0 Å². The van der Waals surface area contributed by atoms with E-state index in [2.05, 4.69) is 9.97 Å². The second-order valence-electron chi connectivity index (χ2n) is 3.45. The zero-order valence-corrected chi connectivity index (χ0v) is 8.54. The van der Waals surface area contributed by atoms with E-state index in [1.54, 1.807) is 7.11 Å². The molecule has 1 aromatic heterocycles. The summed E-state index contributed by atoms with van der Waals surface area (Å²) in [5, 5.41) is 0. The molecule has 0 fully saturated rings. The van der Waals surface area contributed by atoms with E-state index in [1.807, 2.05) is 6.08 Å². The Balaban J connectivity index is 2.35. The molecule has 0 amide bonds. The number of nitrogens with one attached hydrogen (secondary N) is 1. The molecule has 80 valence electrons. The van der Waals surface area contributed by atoms with Gasteiger partial charge in [0.05, 0.1) is 12.3 Å². The number of nitrogens with two attached hydrogens (primary N) is 1. The molecule has 2 rings (SSSR count). The van der Waals surface area contributed by atoms with Gasteiger partial charge in [-0.15, -0.1) is 0 Å². The Bertz CT molecular complexity index is 462. The molecule has 0 radical (unpaired) electrons. The number of fused-ring (bicyclic) bond motifs is 1. The molecule has 15 heavy (non-hydrogen) atoms. The monoisotopic (exact) mass is 207 g/mol. The predicted molar refractivity (Wildman–Crippen MR) is 57.4 cm³/mol. The van der Waals surface area contributed by atoms with Crippen molar-refractivity contribution >= 4 is 11.5 Å². The van der Waals surface area contributed by atoms with E-state index in [1.165, 1.54) is 0 Å². The molecule has 0 spiro atoms. The lowest BCUT2D eigenvalue weighted by Crippen LogP contribution is -2.16. The van der Waals surface area contributed by atoms with Gasteiger partial charge in [-0.3, -0.25) is 9.78 Å². The minimum atomic E-state index is -0.138. The SMILES string of the molecule is COCCC1=CCc2c1nc(N)[nH]c2=O. The summed E-state index contributed by atoms with van der Waals surface area (Å²) in [6, 6.07) is 0. The van der Waals surface area contributed by atoms with E-state index < -0.39 is 0 Å². The van der Waals surface area contributed by atoms with Crippen molar-refractivity contribution in [3.63, 3.8) is 0 Å². The van der Waals surface area contributed by atoms with Gasteiger partial charge >= 0.3 is 0 Å². The summed E-state index contributed by atoms with van der Waals surface area (Å²) in [6.45, 7) is 0.625. The quantitative estimate of drug-likeness (QED) is 0.748. The van der Waals surface area contributed by atoms with E-state index in [0.29, 0.717) is 18.6 Å². The Hall–Kier alpha value is -1.62. The molecule has 0 unspecified atom stereocenters. The number of methoxy groups -OCH3 is 1. The maximum Gasteiger partial charge on any atom is 0.256 e. The molecule has 0 aliphatic heterocycles. The van der Waals surface area contributed by atoms with Crippen LogP contribution < -0.4 is 11.3 Å². The van der Waals surface area contributed by atoms with Crippen LogP contribution in [-0.4, -0.2) is 23.7 Å². The fourth-order valence-electron chi connectivity index (χ4n) is 1.72. The van der Waals surface area contributed by atoms with E-state index in [9.17, 15) is 4.79 Å². The summed E-state index contributed by atoms with van der Waals surface area (Å²) >= 11 is 0. The fraction of sp³-hybridized carbons (Fsp3) is 0.400. The van der Waals surface area contributed by atoms with E-state index >= 15 is 0 Å². The molecule has 0 bridgehead atoms. The lowest BCUT2D eigenvalue weighted by Gasteiger charge is -2.04. The van der Waals surface area contributed by atoms with Crippen molar-refractivity contribution in [1.29, 1.82) is 0 Å². The molecule has 0 atom stereocenters. The fourth-order valence-corrected chi connectivity index (χ4v) is 1.72. The van der Waals surface area contributed by atoms with E-state index in [4.69, 9.17) is 10.5 Å². The van der Waals surface area contributed by atoms with Crippen molar-refractivity contribution < 1.29 is 4.74 Å². The molecule has 1 aliphatic rings. The van der Waals surface area contributed by atoms with Crippen LogP contribution in [0.4, 0.5) is 5.95 Å². The van der Waals surface area contributed by atoms with Crippen LogP contribution in [0.15, 0.2) is 10.9 Å². The molecule has 1 heterocycles. The third-order valence-corrected chi connectivity index (χ3v) is 2.47. The Morgan fingerprint density at radius 1 is 1.67 bits per heavy atom. The second-order valence-corrected chi connectivity index (χ2v) is 3.45. The first-order valence-corrected chi connectivity index (χ1v) is 4.79. The molecule has 3 N–H and O–H groups in total. The molecule has 0 saturated heterocycles. The van der Waals surface area contributed by atoms with E-state index in [-0.39, 0.29) is 11.5 Å². The summed E-state index contributed by atoms with van der Waals surface area (Å²) in [5.74, 6) is 0.170. The lowest BCUT2D eigenvalue weighted by atomic mass is 10.1. The first-order chi connectivity index (χ1) is 7.22.